The Morgan fingerprint density at radius 2 is 2.07 bits per heavy atom. The van der Waals surface area contributed by atoms with Gasteiger partial charge in [-0.1, -0.05) is 0 Å². The van der Waals surface area contributed by atoms with Crippen molar-refractivity contribution < 1.29 is 4.92 Å². The smallest absolute Gasteiger partial charge is 0.270 e. The minimum atomic E-state index is -0.508. The molecule has 2 aromatic rings. The molecule has 1 aromatic heterocycles. The molecule has 0 bridgehead atoms. The number of pyridine rings is 1. The van der Waals surface area contributed by atoms with Crippen LogP contribution in [-0.2, 0) is 7.05 Å². The summed E-state index contributed by atoms with van der Waals surface area (Å²) in [5.41, 5.74) is -0.290. The van der Waals surface area contributed by atoms with Crippen LogP contribution in [0.4, 0.5) is 5.69 Å². The van der Waals surface area contributed by atoms with E-state index in [1.54, 1.807) is 25.4 Å². The third-order valence-corrected chi connectivity index (χ3v) is 2.28. The normalized spacial score (nSPS) is 10.5. The summed E-state index contributed by atoms with van der Waals surface area (Å²) >= 11 is 0. The van der Waals surface area contributed by atoms with Crippen molar-refractivity contribution in [2.24, 2.45) is 7.05 Å². The van der Waals surface area contributed by atoms with Crippen LogP contribution in [0.15, 0.2) is 35.3 Å². The lowest BCUT2D eigenvalue weighted by Crippen LogP contribution is -2.15. The van der Waals surface area contributed by atoms with E-state index in [0.717, 1.165) is 0 Å². The molecule has 5 heteroatoms. The molecule has 0 spiro atoms. The molecule has 0 amide bonds. The van der Waals surface area contributed by atoms with E-state index in [-0.39, 0.29) is 11.2 Å². The maximum atomic E-state index is 11.6. The Kier molecular flexibility index (Phi) is 2.00. The van der Waals surface area contributed by atoms with Crippen molar-refractivity contribution in [1.29, 1.82) is 0 Å². The summed E-state index contributed by atoms with van der Waals surface area (Å²) in [6, 6.07) is 6.02. The number of nitrogens with zero attached hydrogens (tertiary/aromatic N) is 2. The van der Waals surface area contributed by atoms with Crippen LogP contribution in [0.3, 0.4) is 0 Å². The fraction of sp³-hybridized carbons (Fsp3) is 0.100. The number of nitro groups is 1. The van der Waals surface area contributed by atoms with Gasteiger partial charge in [-0.25, -0.2) is 0 Å². The highest BCUT2D eigenvalue weighted by molar-refractivity contribution is 5.83. The van der Waals surface area contributed by atoms with Crippen LogP contribution in [0.2, 0.25) is 0 Å². The molecule has 0 aliphatic carbocycles. The second-order valence-electron chi connectivity index (χ2n) is 3.26. The van der Waals surface area contributed by atoms with Crippen molar-refractivity contribution in [3.63, 3.8) is 0 Å². The van der Waals surface area contributed by atoms with E-state index in [0.29, 0.717) is 10.8 Å². The second-order valence-corrected chi connectivity index (χ2v) is 3.26. The molecule has 0 atom stereocenters. The van der Waals surface area contributed by atoms with E-state index in [1.165, 1.54) is 16.7 Å². The first-order valence-electron chi connectivity index (χ1n) is 4.33. The number of hydrogen-bond donors (Lipinski definition) is 0. The lowest BCUT2D eigenvalue weighted by atomic mass is 10.1. The molecule has 15 heavy (non-hydrogen) atoms. The van der Waals surface area contributed by atoms with E-state index in [4.69, 9.17) is 0 Å². The lowest BCUT2D eigenvalue weighted by molar-refractivity contribution is -0.384. The van der Waals surface area contributed by atoms with Crippen LogP contribution in [0, 0.1) is 10.1 Å². The van der Waals surface area contributed by atoms with Gasteiger partial charge in [0.25, 0.3) is 11.2 Å². The molecule has 76 valence electrons. The first kappa shape index (κ1) is 9.39. The number of rotatable bonds is 1. The number of aryl methyl sites for hydroxylation is 1. The summed E-state index contributed by atoms with van der Waals surface area (Å²) in [6.45, 7) is 0. The van der Waals surface area contributed by atoms with E-state index in [9.17, 15) is 14.9 Å². The van der Waals surface area contributed by atoms with Gasteiger partial charge in [0.05, 0.1) is 10.3 Å². The highest BCUT2D eigenvalue weighted by atomic mass is 16.6. The van der Waals surface area contributed by atoms with Gasteiger partial charge in [0.1, 0.15) is 0 Å². The monoisotopic (exact) mass is 204 g/mol. The van der Waals surface area contributed by atoms with Crippen molar-refractivity contribution in [1.82, 2.24) is 4.57 Å². The van der Waals surface area contributed by atoms with Crippen molar-refractivity contribution in [3.8, 4) is 0 Å². The van der Waals surface area contributed by atoms with Gasteiger partial charge in [0, 0.05) is 25.4 Å². The van der Waals surface area contributed by atoms with Crippen molar-refractivity contribution >= 4 is 16.5 Å². The summed E-state index contributed by atoms with van der Waals surface area (Å²) in [5.74, 6) is 0. The van der Waals surface area contributed by atoms with Gasteiger partial charge in [-0.05, 0) is 17.5 Å². The van der Waals surface area contributed by atoms with Crippen LogP contribution in [-0.4, -0.2) is 9.49 Å². The number of non-ortho nitro benzene ring substituents is 1. The standard InChI is InChI=1S/C10H8N2O3/c1-11-5-4-7-2-3-8(12(14)15)6-9(7)10(11)13/h2-6H,1H3. The van der Waals surface area contributed by atoms with Crippen LogP contribution in [0.5, 0.6) is 0 Å². The van der Waals surface area contributed by atoms with Gasteiger partial charge in [-0.15, -0.1) is 0 Å². The molecule has 5 nitrogen and oxygen atoms in total. The Hall–Kier alpha value is -2.17. The predicted octanol–water partition coefficient (Wildman–Crippen LogP) is 1.45. The molecule has 1 aromatic carbocycles. The van der Waals surface area contributed by atoms with Gasteiger partial charge in [-0.2, -0.15) is 0 Å². The zero-order valence-corrected chi connectivity index (χ0v) is 8.01. The minimum Gasteiger partial charge on any atom is -0.318 e. The molecule has 2 rings (SSSR count). The molecule has 1 heterocycles. The van der Waals surface area contributed by atoms with Crippen molar-refractivity contribution in [2.75, 3.05) is 0 Å². The minimum absolute atomic E-state index is 0.0641. The summed E-state index contributed by atoms with van der Waals surface area (Å²) in [6.07, 6.45) is 1.64. The zero-order valence-electron chi connectivity index (χ0n) is 8.01. The second kappa shape index (κ2) is 3.20. The topological polar surface area (TPSA) is 65.1 Å². The largest absolute Gasteiger partial charge is 0.318 e. The van der Waals surface area contributed by atoms with Gasteiger partial charge in [0.15, 0.2) is 0 Å². The summed E-state index contributed by atoms with van der Waals surface area (Å²) < 4.78 is 1.39. The average Bonchev–Trinajstić information content (AvgIpc) is 2.23. The summed E-state index contributed by atoms with van der Waals surface area (Å²) in [4.78, 5) is 21.7. The van der Waals surface area contributed by atoms with Crippen molar-refractivity contribution in [3.05, 3.63) is 50.9 Å². The predicted molar refractivity (Wildman–Crippen MR) is 55.8 cm³/mol. The summed E-state index contributed by atoms with van der Waals surface area (Å²) in [7, 11) is 1.61. The molecular formula is C10H8N2O3. The third kappa shape index (κ3) is 1.48. The van der Waals surface area contributed by atoms with Gasteiger partial charge < -0.3 is 4.57 Å². The molecule has 0 aliphatic rings. The fourth-order valence-electron chi connectivity index (χ4n) is 1.44. The molecule has 0 N–H and O–H groups in total. The number of nitro benzene ring substituents is 1. The zero-order chi connectivity index (χ0) is 11.0. The summed E-state index contributed by atoms with van der Waals surface area (Å²) in [5, 5.41) is 11.6. The van der Waals surface area contributed by atoms with Gasteiger partial charge in [0.2, 0.25) is 0 Å². The lowest BCUT2D eigenvalue weighted by Gasteiger charge is -2.00. The SMILES string of the molecule is Cn1ccc2ccc([N+](=O)[O-])cc2c1=O. The third-order valence-electron chi connectivity index (χ3n) is 2.28. The maximum Gasteiger partial charge on any atom is 0.270 e. The number of fused-ring (bicyclic) bond motifs is 1. The Balaban J connectivity index is 2.85. The van der Waals surface area contributed by atoms with Crippen LogP contribution < -0.4 is 5.56 Å². The van der Waals surface area contributed by atoms with E-state index >= 15 is 0 Å². The molecule has 0 aliphatic heterocycles. The molecule has 0 unspecified atom stereocenters. The highest BCUT2D eigenvalue weighted by Crippen LogP contribution is 2.17. The Labute approximate surface area is 84.7 Å². The molecule has 0 saturated carbocycles. The van der Waals surface area contributed by atoms with E-state index < -0.39 is 4.92 Å². The fourth-order valence-corrected chi connectivity index (χ4v) is 1.44. The first-order chi connectivity index (χ1) is 7.09. The van der Waals surface area contributed by atoms with E-state index in [2.05, 4.69) is 0 Å². The Morgan fingerprint density at radius 1 is 1.33 bits per heavy atom. The molecule has 0 fully saturated rings. The van der Waals surface area contributed by atoms with Gasteiger partial charge in [-0.3, -0.25) is 14.9 Å². The van der Waals surface area contributed by atoms with Crippen LogP contribution in [0.1, 0.15) is 0 Å². The molecule has 0 saturated heterocycles. The van der Waals surface area contributed by atoms with Gasteiger partial charge >= 0.3 is 0 Å². The number of benzene rings is 1. The molecule has 0 radical (unpaired) electrons. The molecular weight excluding hydrogens is 196 g/mol. The van der Waals surface area contributed by atoms with Crippen LogP contribution in [0.25, 0.3) is 10.8 Å². The van der Waals surface area contributed by atoms with E-state index in [1.807, 2.05) is 0 Å². The Bertz CT molecular complexity index is 601. The maximum absolute atomic E-state index is 11.6. The van der Waals surface area contributed by atoms with Crippen molar-refractivity contribution in [2.45, 2.75) is 0 Å². The first-order valence-corrected chi connectivity index (χ1v) is 4.33. The number of aromatic nitrogens is 1. The quantitative estimate of drug-likeness (QED) is 0.521. The van der Waals surface area contributed by atoms with Crippen LogP contribution >= 0.6 is 0 Å². The highest BCUT2D eigenvalue weighted by Gasteiger charge is 2.08. The number of hydrogen-bond acceptors (Lipinski definition) is 3. The Morgan fingerprint density at radius 3 is 2.73 bits per heavy atom. The average molecular weight is 204 g/mol.